The van der Waals surface area contributed by atoms with E-state index in [-0.39, 0.29) is 6.61 Å². The highest BCUT2D eigenvalue weighted by molar-refractivity contribution is 7.99. The molecule has 1 atom stereocenters. The molecular weight excluding hydrogens is 207 g/mol. The number of carbonyl (C=O) groups excluding carboxylic acids is 1. The van der Waals surface area contributed by atoms with Crippen LogP contribution in [0.4, 0.5) is 4.39 Å². The Morgan fingerprint density at radius 1 is 1.64 bits per heavy atom. The van der Waals surface area contributed by atoms with Gasteiger partial charge in [0.05, 0.1) is 6.61 Å². The fraction of sp³-hybridized carbons (Fsp3) is 0.889. The van der Waals surface area contributed by atoms with Gasteiger partial charge in [0.25, 0.3) is 0 Å². The number of carbonyl (C=O) groups is 1. The van der Waals surface area contributed by atoms with E-state index in [4.69, 9.17) is 0 Å². The third-order valence-electron chi connectivity index (χ3n) is 2.32. The Labute approximate surface area is 87.0 Å². The molecule has 0 amide bonds. The molecule has 0 radical (unpaired) electrons. The SMILES string of the molecule is CCOC(=O)C(F)C1(O)CCSCC1. The van der Waals surface area contributed by atoms with Gasteiger partial charge >= 0.3 is 5.97 Å². The van der Waals surface area contributed by atoms with Gasteiger partial charge in [0.2, 0.25) is 6.17 Å². The monoisotopic (exact) mass is 222 g/mol. The number of aliphatic hydroxyl groups is 1. The first-order valence-corrected chi connectivity index (χ1v) is 5.86. The molecule has 1 aliphatic heterocycles. The van der Waals surface area contributed by atoms with Crippen LogP contribution in [0, 0.1) is 0 Å². The largest absolute Gasteiger partial charge is 0.464 e. The number of rotatable bonds is 3. The molecule has 0 aromatic carbocycles. The van der Waals surface area contributed by atoms with Crippen LogP contribution in [-0.2, 0) is 9.53 Å². The van der Waals surface area contributed by atoms with Gasteiger partial charge in [-0.05, 0) is 31.3 Å². The Balaban J connectivity index is 2.56. The lowest BCUT2D eigenvalue weighted by molar-refractivity contribution is -0.161. The molecule has 1 rings (SSSR count). The number of halogens is 1. The molecule has 82 valence electrons. The lowest BCUT2D eigenvalue weighted by Crippen LogP contribution is -2.47. The van der Waals surface area contributed by atoms with Crippen LogP contribution >= 0.6 is 11.8 Å². The van der Waals surface area contributed by atoms with Crippen molar-refractivity contribution < 1.29 is 19.0 Å². The predicted octanol–water partition coefficient (Wildman–Crippen LogP) is 1.15. The molecule has 5 heteroatoms. The van der Waals surface area contributed by atoms with E-state index in [0.717, 1.165) is 0 Å². The summed E-state index contributed by atoms with van der Waals surface area (Å²) in [6.07, 6.45) is -1.27. The summed E-state index contributed by atoms with van der Waals surface area (Å²) in [5.41, 5.74) is -1.50. The van der Waals surface area contributed by atoms with Gasteiger partial charge in [-0.15, -0.1) is 0 Å². The first-order chi connectivity index (χ1) is 6.60. The standard InChI is InChI=1S/C9H15FO3S/c1-2-13-8(11)7(10)9(12)3-5-14-6-4-9/h7,12H,2-6H2,1H3. The number of esters is 1. The second-order valence-corrected chi connectivity index (χ2v) is 4.56. The Morgan fingerprint density at radius 2 is 2.21 bits per heavy atom. The number of hydrogen-bond acceptors (Lipinski definition) is 4. The molecule has 1 unspecified atom stereocenters. The van der Waals surface area contributed by atoms with E-state index < -0.39 is 17.7 Å². The first kappa shape index (κ1) is 11.8. The van der Waals surface area contributed by atoms with E-state index in [1.165, 1.54) is 0 Å². The highest BCUT2D eigenvalue weighted by Gasteiger charge is 2.43. The average molecular weight is 222 g/mol. The van der Waals surface area contributed by atoms with E-state index in [9.17, 15) is 14.3 Å². The molecule has 0 aromatic heterocycles. The third kappa shape index (κ3) is 2.60. The molecule has 0 spiro atoms. The topological polar surface area (TPSA) is 46.5 Å². The van der Waals surface area contributed by atoms with Gasteiger partial charge in [0.1, 0.15) is 5.60 Å². The molecule has 1 aliphatic rings. The molecule has 1 heterocycles. The van der Waals surface area contributed by atoms with Gasteiger partial charge in [-0.2, -0.15) is 11.8 Å². The van der Waals surface area contributed by atoms with E-state index in [1.54, 1.807) is 18.7 Å². The van der Waals surface area contributed by atoms with Crippen molar-refractivity contribution in [2.45, 2.75) is 31.5 Å². The Kier molecular flexibility index (Phi) is 4.19. The fourth-order valence-electron chi connectivity index (χ4n) is 1.41. The maximum absolute atomic E-state index is 13.5. The van der Waals surface area contributed by atoms with Crippen LogP contribution in [0.5, 0.6) is 0 Å². The third-order valence-corrected chi connectivity index (χ3v) is 3.31. The Hall–Kier alpha value is -0.290. The average Bonchev–Trinajstić information content (AvgIpc) is 2.18. The smallest absolute Gasteiger partial charge is 0.343 e. The number of hydrogen-bond donors (Lipinski definition) is 1. The molecule has 1 N–H and O–H groups in total. The molecule has 0 bridgehead atoms. The molecule has 3 nitrogen and oxygen atoms in total. The van der Waals surface area contributed by atoms with Gasteiger partial charge in [-0.1, -0.05) is 0 Å². The molecule has 0 aliphatic carbocycles. The first-order valence-electron chi connectivity index (χ1n) is 4.71. The van der Waals surface area contributed by atoms with Gasteiger partial charge in [-0.25, -0.2) is 9.18 Å². The zero-order valence-electron chi connectivity index (χ0n) is 8.16. The summed E-state index contributed by atoms with van der Waals surface area (Å²) in [5, 5.41) is 9.85. The van der Waals surface area contributed by atoms with Gasteiger partial charge in [-0.3, -0.25) is 0 Å². The summed E-state index contributed by atoms with van der Waals surface area (Å²) < 4.78 is 18.1. The quantitative estimate of drug-likeness (QED) is 0.728. The minimum Gasteiger partial charge on any atom is -0.464 e. The van der Waals surface area contributed by atoms with Crippen molar-refractivity contribution in [3.05, 3.63) is 0 Å². The summed E-state index contributed by atoms with van der Waals surface area (Å²) in [5.74, 6) is 0.439. The van der Waals surface area contributed by atoms with Crippen molar-refractivity contribution in [2.24, 2.45) is 0 Å². The normalized spacial score (nSPS) is 22.8. The second-order valence-electron chi connectivity index (χ2n) is 3.33. The van der Waals surface area contributed by atoms with Crippen molar-refractivity contribution in [3.63, 3.8) is 0 Å². The minimum atomic E-state index is -1.90. The Bertz CT molecular complexity index is 204. The van der Waals surface area contributed by atoms with Crippen molar-refractivity contribution in [1.29, 1.82) is 0 Å². The summed E-state index contributed by atoms with van der Waals surface area (Å²) in [6.45, 7) is 1.76. The van der Waals surface area contributed by atoms with Crippen LogP contribution in [0.3, 0.4) is 0 Å². The van der Waals surface area contributed by atoms with E-state index >= 15 is 0 Å². The summed E-state index contributed by atoms with van der Waals surface area (Å²) in [4.78, 5) is 11.1. The molecule has 1 saturated heterocycles. The maximum atomic E-state index is 13.5. The van der Waals surface area contributed by atoms with Gasteiger partial charge in [0, 0.05) is 0 Å². The minimum absolute atomic E-state index is 0.143. The fourth-order valence-corrected chi connectivity index (χ4v) is 2.61. The number of ether oxygens (including phenoxy) is 1. The molecular formula is C9H15FO3S. The molecule has 14 heavy (non-hydrogen) atoms. The van der Waals surface area contributed by atoms with Crippen LogP contribution in [0.15, 0.2) is 0 Å². The summed E-state index contributed by atoms with van der Waals surface area (Å²) in [6, 6.07) is 0. The van der Waals surface area contributed by atoms with E-state index in [1.807, 2.05) is 0 Å². The lowest BCUT2D eigenvalue weighted by atomic mass is 9.91. The number of alkyl halides is 1. The molecule has 1 fully saturated rings. The van der Waals surface area contributed by atoms with Crippen LogP contribution in [-0.4, -0.2) is 41.0 Å². The van der Waals surface area contributed by atoms with Gasteiger partial charge < -0.3 is 9.84 Å². The van der Waals surface area contributed by atoms with Crippen molar-refractivity contribution in [1.82, 2.24) is 0 Å². The predicted molar refractivity (Wildman–Crippen MR) is 53.0 cm³/mol. The van der Waals surface area contributed by atoms with E-state index in [0.29, 0.717) is 24.3 Å². The highest BCUT2D eigenvalue weighted by Crippen LogP contribution is 2.31. The zero-order chi connectivity index (χ0) is 10.6. The van der Waals surface area contributed by atoms with Crippen LogP contribution in [0.1, 0.15) is 19.8 Å². The van der Waals surface area contributed by atoms with Crippen molar-refractivity contribution >= 4 is 17.7 Å². The van der Waals surface area contributed by atoms with Crippen LogP contribution in [0.2, 0.25) is 0 Å². The van der Waals surface area contributed by atoms with Gasteiger partial charge in [0.15, 0.2) is 0 Å². The van der Waals surface area contributed by atoms with Crippen molar-refractivity contribution in [3.8, 4) is 0 Å². The number of thioether (sulfide) groups is 1. The van der Waals surface area contributed by atoms with E-state index in [2.05, 4.69) is 4.74 Å². The lowest BCUT2D eigenvalue weighted by Gasteiger charge is -2.33. The summed E-state index contributed by atoms with van der Waals surface area (Å²) in [7, 11) is 0. The Morgan fingerprint density at radius 3 is 2.71 bits per heavy atom. The second kappa shape index (κ2) is 4.98. The molecule has 0 saturated carbocycles. The van der Waals surface area contributed by atoms with Crippen LogP contribution in [0.25, 0.3) is 0 Å². The highest BCUT2D eigenvalue weighted by atomic mass is 32.2. The summed E-state index contributed by atoms with van der Waals surface area (Å²) >= 11 is 1.66. The zero-order valence-corrected chi connectivity index (χ0v) is 8.98. The maximum Gasteiger partial charge on any atom is 0.343 e. The molecule has 0 aromatic rings. The van der Waals surface area contributed by atoms with Crippen LogP contribution < -0.4 is 0 Å². The van der Waals surface area contributed by atoms with Crippen molar-refractivity contribution in [2.75, 3.05) is 18.1 Å².